The van der Waals surface area contributed by atoms with Gasteiger partial charge in [0, 0.05) is 12.0 Å². The Kier molecular flexibility index (Phi) is 7.52. The van der Waals surface area contributed by atoms with Crippen LogP contribution in [0.3, 0.4) is 0 Å². The zero-order valence-corrected chi connectivity index (χ0v) is 16.7. The molecule has 0 aliphatic heterocycles. The van der Waals surface area contributed by atoms with Gasteiger partial charge in [-0.2, -0.15) is 0 Å². The molecule has 0 nitrogen and oxygen atoms in total. The van der Waals surface area contributed by atoms with Crippen LogP contribution in [0.25, 0.3) is 12.2 Å². The van der Waals surface area contributed by atoms with E-state index in [0.717, 1.165) is 29.5 Å². The average Bonchev–Trinajstić information content (AvgIpc) is 2.75. The molecule has 0 aliphatic carbocycles. The lowest BCUT2D eigenvalue weighted by Gasteiger charge is -2.08. The monoisotopic (exact) mass is 388 g/mol. The second-order valence-corrected chi connectivity index (χ2v) is 7.12. The van der Waals surface area contributed by atoms with Crippen molar-refractivity contribution in [3.8, 4) is 0 Å². The lowest BCUT2D eigenvalue weighted by atomic mass is 10.0. The van der Waals surface area contributed by atoms with E-state index >= 15 is 0 Å². The highest BCUT2D eigenvalue weighted by atomic mass is 19.1. The number of rotatable bonds is 8. The first kappa shape index (κ1) is 20.7. The quantitative estimate of drug-likeness (QED) is 0.273. The van der Waals surface area contributed by atoms with Crippen LogP contribution >= 0.6 is 0 Å². The van der Waals surface area contributed by atoms with Crippen molar-refractivity contribution in [2.75, 3.05) is 0 Å². The number of halogens is 2. The Bertz CT molecular complexity index is 954. The second kappa shape index (κ2) is 10.5. The molecule has 0 amide bonds. The Morgan fingerprint density at radius 2 is 1.59 bits per heavy atom. The Hall–Kier alpha value is -3.00. The molecule has 148 valence electrons. The van der Waals surface area contributed by atoms with Crippen molar-refractivity contribution in [3.63, 3.8) is 0 Å². The van der Waals surface area contributed by atoms with Gasteiger partial charge in [-0.1, -0.05) is 91.0 Å². The minimum atomic E-state index is -1.02. The summed E-state index contributed by atoms with van der Waals surface area (Å²) in [5.41, 5.74) is 4.16. The lowest BCUT2D eigenvalue weighted by molar-refractivity contribution is 0.342. The molecule has 0 aliphatic rings. The first-order valence-electron chi connectivity index (χ1n) is 10.0. The maximum atomic E-state index is 14.4. The molecule has 1 atom stereocenters. The molecule has 0 N–H and O–H groups in total. The predicted molar refractivity (Wildman–Crippen MR) is 119 cm³/mol. The molecule has 29 heavy (non-hydrogen) atoms. The van der Waals surface area contributed by atoms with Gasteiger partial charge in [0.05, 0.1) is 0 Å². The summed E-state index contributed by atoms with van der Waals surface area (Å²) in [7, 11) is 0. The summed E-state index contributed by atoms with van der Waals surface area (Å²) in [6, 6.07) is 22.3. The van der Waals surface area contributed by atoms with E-state index in [2.05, 4.69) is 6.08 Å². The molecule has 0 bridgehead atoms. The van der Waals surface area contributed by atoms with E-state index in [9.17, 15) is 8.78 Å². The Labute approximate surface area is 172 Å². The fourth-order valence-electron chi connectivity index (χ4n) is 3.22. The van der Waals surface area contributed by atoms with Crippen molar-refractivity contribution in [1.29, 1.82) is 0 Å². The molecule has 0 saturated heterocycles. The second-order valence-electron chi connectivity index (χ2n) is 7.12. The molecular formula is C27H26F2. The van der Waals surface area contributed by atoms with Crippen molar-refractivity contribution in [3.05, 3.63) is 119 Å². The van der Waals surface area contributed by atoms with Crippen LogP contribution in [0.2, 0.25) is 0 Å². The summed E-state index contributed by atoms with van der Waals surface area (Å²) in [5, 5.41) is 0. The first-order chi connectivity index (χ1) is 14.2. The van der Waals surface area contributed by atoms with Gasteiger partial charge in [-0.05, 0) is 48.1 Å². The summed E-state index contributed by atoms with van der Waals surface area (Å²) in [6.45, 7) is 1.99. The maximum Gasteiger partial charge on any atom is 0.130 e. The van der Waals surface area contributed by atoms with Crippen LogP contribution in [0, 0.1) is 5.82 Å². The van der Waals surface area contributed by atoms with Crippen LogP contribution in [-0.4, -0.2) is 0 Å². The van der Waals surface area contributed by atoms with E-state index in [1.54, 1.807) is 12.1 Å². The summed E-state index contributed by atoms with van der Waals surface area (Å²) >= 11 is 0. The summed E-state index contributed by atoms with van der Waals surface area (Å²) in [5.74, 6) is -0.209. The third kappa shape index (κ3) is 6.25. The van der Waals surface area contributed by atoms with Crippen LogP contribution in [0.4, 0.5) is 8.78 Å². The highest BCUT2D eigenvalue weighted by Crippen LogP contribution is 2.23. The molecule has 0 unspecified atom stereocenters. The number of hydrogen-bond acceptors (Lipinski definition) is 0. The molecule has 2 heteroatoms. The number of hydrogen-bond donors (Lipinski definition) is 0. The Balaban J connectivity index is 1.61. The van der Waals surface area contributed by atoms with Crippen LogP contribution in [0.5, 0.6) is 0 Å². The van der Waals surface area contributed by atoms with E-state index < -0.39 is 6.17 Å². The largest absolute Gasteiger partial charge is 0.242 e. The SMILES string of the molecule is C/C=C/CCc1ccc(C=Cc2ccc(C[C@H](F)c3ccccc3)cc2)c(F)c1. The van der Waals surface area contributed by atoms with Crippen molar-refractivity contribution in [2.45, 2.75) is 32.4 Å². The van der Waals surface area contributed by atoms with Crippen molar-refractivity contribution in [1.82, 2.24) is 0 Å². The fourth-order valence-corrected chi connectivity index (χ4v) is 3.22. The standard InChI is InChI=1S/C27H26F2/c1-2-3-5-8-22-16-18-25(27(29)19-22)17-15-21-11-13-23(14-12-21)20-26(28)24-9-6-4-7-10-24/h2-4,6-7,9-19,26H,5,8,20H2,1H3/b3-2+,17-15?/t26-/m0/s1. The maximum absolute atomic E-state index is 14.4. The van der Waals surface area contributed by atoms with Crippen molar-refractivity contribution >= 4 is 12.2 Å². The molecule has 0 fully saturated rings. The van der Waals surface area contributed by atoms with Gasteiger partial charge in [-0.25, -0.2) is 8.78 Å². The van der Waals surface area contributed by atoms with Gasteiger partial charge in [0.25, 0.3) is 0 Å². The first-order valence-corrected chi connectivity index (χ1v) is 10.0. The number of allylic oxidation sites excluding steroid dienone is 2. The summed E-state index contributed by atoms with van der Waals surface area (Å²) in [4.78, 5) is 0. The third-order valence-electron chi connectivity index (χ3n) is 4.91. The van der Waals surface area contributed by atoms with E-state index in [1.807, 2.05) is 85.8 Å². The molecule has 3 aromatic rings. The van der Waals surface area contributed by atoms with Gasteiger partial charge in [0.15, 0.2) is 0 Å². The average molecular weight is 389 g/mol. The van der Waals surface area contributed by atoms with E-state index in [4.69, 9.17) is 0 Å². The van der Waals surface area contributed by atoms with Gasteiger partial charge < -0.3 is 0 Å². The molecule has 0 spiro atoms. The van der Waals surface area contributed by atoms with Crippen molar-refractivity contribution in [2.24, 2.45) is 0 Å². The Morgan fingerprint density at radius 3 is 2.28 bits per heavy atom. The minimum absolute atomic E-state index is 0.209. The van der Waals surface area contributed by atoms with Crippen LogP contribution < -0.4 is 0 Å². The van der Waals surface area contributed by atoms with Gasteiger partial charge in [0.1, 0.15) is 12.0 Å². The van der Waals surface area contributed by atoms with Gasteiger partial charge in [-0.15, -0.1) is 0 Å². The number of alkyl halides is 1. The fraction of sp³-hybridized carbons (Fsp3) is 0.185. The summed E-state index contributed by atoms with van der Waals surface area (Å²) in [6.07, 6.45) is 8.84. The molecule has 3 aromatic carbocycles. The number of benzene rings is 3. The molecule has 0 saturated carbocycles. The third-order valence-corrected chi connectivity index (χ3v) is 4.91. The minimum Gasteiger partial charge on any atom is -0.242 e. The molecule has 0 heterocycles. The number of aryl methyl sites for hydroxylation is 1. The molecule has 0 aromatic heterocycles. The van der Waals surface area contributed by atoms with Crippen LogP contribution in [0.15, 0.2) is 84.9 Å². The highest BCUT2D eigenvalue weighted by molar-refractivity contribution is 5.70. The van der Waals surface area contributed by atoms with E-state index in [-0.39, 0.29) is 5.82 Å². The Morgan fingerprint density at radius 1 is 0.862 bits per heavy atom. The smallest absolute Gasteiger partial charge is 0.130 e. The topological polar surface area (TPSA) is 0 Å². The van der Waals surface area contributed by atoms with Crippen LogP contribution in [-0.2, 0) is 12.8 Å². The highest BCUT2D eigenvalue weighted by Gasteiger charge is 2.10. The van der Waals surface area contributed by atoms with E-state index in [0.29, 0.717) is 17.5 Å². The molecule has 3 rings (SSSR count). The lowest BCUT2D eigenvalue weighted by Crippen LogP contribution is -1.96. The van der Waals surface area contributed by atoms with Crippen molar-refractivity contribution < 1.29 is 8.78 Å². The van der Waals surface area contributed by atoms with Gasteiger partial charge in [-0.3, -0.25) is 0 Å². The predicted octanol–water partition coefficient (Wildman–Crippen LogP) is 7.76. The molecule has 0 radical (unpaired) electrons. The van der Waals surface area contributed by atoms with E-state index in [1.165, 1.54) is 0 Å². The molecular weight excluding hydrogens is 362 g/mol. The van der Waals surface area contributed by atoms with Crippen LogP contribution in [0.1, 0.15) is 47.3 Å². The van der Waals surface area contributed by atoms with Gasteiger partial charge >= 0.3 is 0 Å². The normalized spacial score (nSPS) is 12.7. The zero-order chi connectivity index (χ0) is 20.5. The zero-order valence-electron chi connectivity index (χ0n) is 16.7. The van der Waals surface area contributed by atoms with Gasteiger partial charge in [0.2, 0.25) is 0 Å². The summed E-state index contributed by atoms with van der Waals surface area (Å²) < 4.78 is 28.7.